The highest BCUT2D eigenvalue weighted by Gasteiger charge is 2.26. The molecule has 9 heteroatoms. The molecule has 1 fully saturated rings. The molecule has 0 unspecified atom stereocenters. The highest BCUT2D eigenvalue weighted by atomic mass is 79.9. The second-order valence-electron chi connectivity index (χ2n) is 6.26. The van der Waals surface area contributed by atoms with Crippen molar-refractivity contribution in [2.24, 2.45) is 0 Å². The SMILES string of the molecule is CO[NH2+]c1cc(Br)cc(C)c1O[C@@H](C)c1c(Cl)ncnc1N1CCOCC1. The summed E-state index contributed by atoms with van der Waals surface area (Å²) in [6.45, 7) is 6.78. The summed E-state index contributed by atoms with van der Waals surface area (Å²) in [4.78, 5) is 16.0. The first-order chi connectivity index (χ1) is 13.0. The maximum absolute atomic E-state index is 6.45. The van der Waals surface area contributed by atoms with Crippen molar-refractivity contribution < 1.29 is 19.8 Å². The molecule has 1 aliphatic heterocycles. The lowest BCUT2D eigenvalue weighted by atomic mass is 10.1. The van der Waals surface area contributed by atoms with Gasteiger partial charge in [-0.2, -0.15) is 5.48 Å². The first-order valence-corrected chi connectivity index (χ1v) is 9.84. The van der Waals surface area contributed by atoms with Gasteiger partial charge in [-0.25, -0.2) is 14.8 Å². The van der Waals surface area contributed by atoms with Gasteiger partial charge in [0.2, 0.25) is 5.69 Å². The van der Waals surface area contributed by atoms with Crippen molar-refractivity contribution in [1.82, 2.24) is 9.97 Å². The standard InChI is InChI=1S/C18H22BrClN4O3/c1-11-8-13(19)9-14(23-25-3)16(11)27-12(2)15-17(20)21-10-22-18(15)24-4-6-26-7-5-24/h8-10,12,23H,4-7H2,1-3H3/p+1/t12-/m0/s1. The summed E-state index contributed by atoms with van der Waals surface area (Å²) < 4.78 is 12.7. The van der Waals surface area contributed by atoms with Crippen molar-refractivity contribution >= 4 is 39.0 Å². The quantitative estimate of drug-likeness (QED) is 0.408. The van der Waals surface area contributed by atoms with E-state index >= 15 is 0 Å². The van der Waals surface area contributed by atoms with Gasteiger partial charge in [-0.05, 0) is 25.5 Å². The number of quaternary nitrogens is 1. The average Bonchev–Trinajstić information content (AvgIpc) is 2.65. The Morgan fingerprint density at radius 3 is 2.74 bits per heavy atom. The van der Waals surface area contributed by atoms with Crippen molar-refractivity contribution in [3.05, 3.63) is 39.2 Å². The summed E-state index contributed by atoms with van der Waals surface area (Å²) in [5.74, 6) is 1.53. The van der Waals surface area contributed by atoms with Crippen LogP contribution in [0.1, 0.15) is 24.2 Å². The zero-order valence-corrected chi connectivity index (χ0v) is 17.9. The molecule has 1 aliphatic rings. The van der Waals surface area contributed by atoms with Crippen LogP contribution in [0.4, 0.5) is 11.5 Å². The van der Waals surface area contributed by atoms with Crippen LogP contribution in [0, 0.1) is 6.92 Å². The van der Waals surface area contributed by atoms with Crippen LogP contribution in [0.25, 0.3) is 0 Å². The zero-order valence-electron chi connectivity index (χ0n) is 15.5. The van der Waals surface area contributed by atoms with Gasteiger partial charge in [0.05, 0.1) is 25.9 Å². The molecule has 1 aromatic heterocycles. The molecule has 2 aromatic rings. The number of benzene rings is 1. The van der Waals surface area contributed by atoms with Crippen molar-refractivity contribution in [2.45, 2.75) is 20.0 Å². The maximum Gasteiger partial charge on any atom is 0.205 e. The number of halogens is 2. The predicted molar refractivity (Wildman–Crippen MR) is 107 cm³/mol. The Kier molecular flexibility index (Phi) is 6.88. The molecule has 0 bridgehead atoms. The topological polar surface area (TPSA) is 73.3 Å². The van der Waals surface area contributed by atoms with Gasteiger partial charge >= 0.3 is 0 Å². The Bertz CT molecular complexity index is 802. The molecule has 0 amide bonds. The number of anilines is 1. The summed E-state index contributed by atoms with van der Waals surface area (Å²) >= 11 is 9.96. The van der Waals surface area contributed by atoms with E-state index in [1.54, 1.807) is 12.6 Å². The number of aromatic nitrogens is 2. The van der Waals surface area contributed by atoms with Gasteiger partial charge in [-0.1, -0.05) is 27.5 Å². The first kappa shape index (κ1) is 20.3. The molecule has 1 aromatic carbocycles. The number of nitrogens with zero attached hydrogens (tertiary/aromatic N) is 3. The van der Waals surface area contributed by atoms with E-state index in [-0.39, 0.29) is 6.10 Å². The molecule has 7 nitrogen and oxygen atoms in total. The molecule has 0 radical (unpaired) electrons. The Labute approximate surface area is 172 Å². The number of nitrogens with two attached hydrogens (primary N) is 1. The molecule has 3 rings (SSSR count). The minimum atomic E-state index is -0.347. The second-order valence-corrected chi connectivity index (χ2v) is 7.53. The summed E-state index contributed by atoms with van der Waals surface area (Å²) in [5.41, 5.74) is 4.26. The number of aryl methyl sites for hydroxylation is 1. The van der Waals surface area contributed by atoms with E-state index in [1.807, 2.05) is 26.0 Å². The molecular formula is C18H23BrClN4O3+. The Morgan fingerprint density at radius 1 is 1.30 bits per heavy atom. The molecule has 2 heterocycles. The molecule has 0 saturated carbocycles. The average molecular weight is 459 g/mol. The van der Waals surface area contributed by atoms with Gasteiger partial charge in [-0.15, -0.1) is 0 Å². The van der Waals surface area contributed by atoms with Crippen LogP contribution < -0.4 is 15.1 Å². The Balaban J connectivity index is 1.94. The lowest BCUT2D eigenvalue weighted by Gasteiger charge is -2.30. The fourth-order valence-corrected chi connectivity index (χ4v) is 3.98. The van der Waals surface area contributed by atoms with Gasteiger partial charge in [0.1, 0.15) is 23.4 Å². The largest absolute Gasteiger partial charge is 0.479 e. The molecule has 2 N–H and O–H groups in total. The second kappa shape index (κ2) is 9.16. The maximum atomic E-state index is 6.45. The molecule has 0 aliphatic carbocycles. The lowest BCUT2D eigenvalue weighted by molar-refractivity contribution is -0.830. The monoisotopic (exact) mass is 457 g/mol. The third-order valence-corrected chi connectivity index (χ3v) is 5.10. The number of hydrogen-bond acceptors (Lipinski definition) is 6. The molecule has 1 atom stereocenters. The summed E-state index contributed by atoms with van der Waals surface area (Å²) in [6, 6.07) is 3.95. The van der Waals surface area contributed by atoms with E-state index in [1.165, 1.54) is 6.33 Å². The van der Waals surface area contributed by atoms with Gasteiger partial charge < -0.3 is 14.4 Å². The number of rotatable bonds is 6. The zero-order chi connectivity index (χ0) is 19.4. The van der Waals surface area contributed by atoms with Crippen LogP contribution >= 0.6 is 27.5 Å². The van der Waals surface area contributed by atoms with Gasteiger partial charge in [-0.3, -0.25) is 0 Å². The lowest BCUT2D eigenvalue weighted by Crippen LogP contribution is -2.76. The van der Waals surface area contributed by atoms with E-state index in [2.05, 4.69) is 30.8 Å². The smallest absolute Gasteiger partial charge is 0.205 e. The van der Waals surface area contributed by atoms with Crippen LogP contribution in [0.15, 0.2) is 22.9 Å². The van der Waals surface area contributed by atoms with E-state index < -0.39 is 0 Å². The minimum Gasteiger partial charge on any atom is -0.479 e. The van der Waals surface area contributed by atoms with E-state index in [4.69, 9.17) is 25.9 Å². The van der Waals surface area contributed by atoms with Gasteiger partial charge in [0, 0.05) is 23.6 Å². The van der Waals surface area contributed by atoms with Crippen LogP contribution in [-0.2, 0) is 9.57 Å². The van der Waals surface area contributed by atoms with Crippen molar-refractivity contribution in [3.63, 3.8) is 0 Å². The first-order valence-electron chi connectivity index (χ1n) is 8.67. The third kappa shape index (κ3) is 4.70. The number of morpholine rings is 1. The molecule has 0 spiro atoms. The fraction of sp³-hybridized carbons (Fsp3) is 0.444. The van der Waals surface area contributed by atoms with Crippen molar-refractivity contribution in [2.75, 3.05) is 38.3 Å². The third-order valence-electron chi connectivity index (χ3n) is 4.34. The molecule has 146 valence electrons. The normalized spacial score (nSPS) is 15.7. The van der Waals surface area contributed by atoms with Crippen molar-refractivity contribution in [3.8, 4) is 5.75 Å². The number of hydrogen-bond donors (Lipinski definition) is 1. The minimum absolute atomic E-state index is 0.347. The molecule has 1 saturated heterocycles. The highest BCUT2D eigenvalue weighted by Crippen LogP contribution is 2.37. The Morgan fingerprint density at radius 2 is 2.04 bits per heavy atom. The van der Waals surface area contributed by atoms with E-state index in [0.717, 1.165) is 45.9 Å². The summed E-state index contributed by atoms with van der Waals surface area (Å²) in [6.07, 6.45) is 1.14. The van der Waals surface area contributed by atoms with Gasteiger partial charge in [0.15, 0.2) is 5.75 Å². The van der Waals surface area contributed by atoms with E-state index in [9.17, 15) is 0 Å². The van der Waals surface area contributed by atoms with Crippen molar-refractivity contribution in [1.29, 1.82) is 0 Å². The Hall–Kier alpha value is -1.45. The summed E-state index contributed by atoms with van der Waals surface area (Å²) in [7, 11) is 1.61. The predicted octanol–water partition coefficient (Wildman–Crippen LogP) is 2.93. The highest BCUT2D eigenvalue weighted by molar-refractivity contribution is 9.10. The molecular weight excluding hydrogens is 436 g/mol. The summed E-state index contributed by atoms with van der Waals surface area (Å²) in [5, 5.41) is 0.394. The van der Waals surface area contributed by atoms with E-state index in [0.29, 0.717) is 18.4 Å². The number of ether oxygens (including phenoxy) is 2. The van der Waals surface area contributed by atoms with Crippen LogP contribution in [0.3, 0.4) is 0 Å². The van der Waals surface area contributed by atoms with Crippen LogP contribution in [0.5, 0.6) is 5.75 Å². The van der Waals surface area contributed by atoms with Crippen LogP contribution in [0.2, 0.25) is 5.15 Å². The molecule has 27 heavy (non-hydrogen) atoms. The van der Waals surface area contributed by atoms with Gasteiger partial charge in [0.25, 0.3) is 0 Å². The fourth-order valence-electron chi connectivity index (χ4n) is 3.11. The van der Waals surface area contributed by atoms with Crippen LogP contribution in [-0.4, -0.2) is 43.4 Å².